The maximum atomic E-state index is 13.1. The number of anilines is 1. The van der Waals surface area contributed by atoms with E-state index in [-0.39, 0.29) is 11.3 Å². The number of nitrogen functional groups attached to an aromatic ring is 1. The van der Waals surface area contributed by atoms with Crippen molar-refractivity contribution < 1.29 is 14.3 Å². The van der Waals surface area contributed by atoms with Gasteiger partial charge in [-0.25, -0.2) is 4.39 Å². The average molecular weight is 263 g/mol. The molecule has 1 aromatic carbocycles. The van der Waals surface area contributed by atoms with E-state index in [1.54, 1.807) is 0 Å². The first-order chi connectivity index (χ1) is 6.43. The van der Waals surface area contributed by atoms with Crippen LogP contribution < -0.4 is 11.5 Å². The lowest BCUT2D eigenvalue weighted by atomic mass is 10.1. The molecule has 0 saturated heterocycles. The number of benzene rings is 1. The Hall–Kier alpha value is -1.14. The highest BCUT2D eigenvalue weighted by Crippen LogP contribution is 2.26. The van der Waals surface area contributed by atoms with Gasteiger partial charge in [0.2, 0.25) is 0 Å². The number of carbonyl (C=O) groups is 1. The molecule has 6 heteroatoms. The summed E-state index contributed by atoms with van der Waals surface area (Å²) in [5.74, 6) is -1.91. The van der Waals surface area contributed by atoms with Gasteiger partial charge < -0.3 is 16.6 Å². The summed E-state index contributed by atoms with van der Waals surface area (Å²) in [7, 11) is 0. The molecule has 0 spiro atoms. The Kier molecular flexibility index (Phi) is 3.07. The smallest absolute Gasteiger partial charge is 0.325 e. The van der Waals surface area contributed by atoms with Crippen molar-refractivity contribution in [3.63, 3.8) is 0 Å². The second kappa shape index (κ2) is 3.93. The number of nitrogens with two attached hydrogens (primary N) is 2. The average Bonchev–Trinajstić information content (AvgIpc) is 2.12. The number of hydrogen-bond donors (Lipinski definition) is 3. The molecule has 14 heavy (non-hydrogen) atoms. The van der Waals surface area contributed by atoms with Gasteiger partial charge in [0.25, 0.3) is 0 Å². The van der Waals surface area contributed by atoms with Crippen LogP contribution in [-0.4, -0.2) is 11.1 Å². The van der Waals surface area contributed by atoms with E-state index in [9.17, 15) is 9.18 Å². The van der Waals surface area contributed by atoms with Gasteiger partial charge in [0.1, 0.15) is 11.9 Å². The molecule has 0 amide bonds. The molecule has 0 radical (unpaired) electrons. The molecule has 1 aromatic rings. The van der Waals surface area contributed by atoms with Crippen molar-refractivity contribution in [1.29, 1.82) is 0 Å². The zero-order valence-corrected chi connectivity index (χ0v) is 8.58. The normalized spacial score (nSPS) is 12.5. The molecule has 1 rings (SSSR count). The van der Waals surface area contributed by atoms with E-state index in [0.29, 0.717) is 4.47 Å². The largest absolute Gasteiger partial charge is 0.480 e. The third-order valence-electron chi connectivity index (χ3n) is 1.73. The molecule has 1 atom stereocenters. The lowest BCUT2D eigenvalue weighted by molar-refractivity contribution is -0.138. The van der Waals surface area contributed by atoms with Crippen molar-refractivity contribution in [3.8, 4) is 0 Å². The number of hydrogen-bond acceptors (Lipinski definition) is 3. The number of halogens is 2. The molecule has 76 valence electrons. The van der Waals surface area contributed by atoms with Gasteiger partial charge in [-0.3, -0.25) is 4.79 Å². The molecular formula is C8H8BrFN2O2. The Morgan fingerprint density at radius 3 is 2.57 bits per heavy atom. The van der Waals surface area contributed by atoms with Crippen molar-refractivity contribution in [2.75, 3.05) is 5.73 Å². The van der Waals surface area contributed by atoms with Crippen molar-refractivity contribution in [2.45, 2.75) is 6.04 Å². The van der Waals surface area contributed by atoms with Crippen LogP contribution in [-0.2, 0) is 4.79 Å². The fourth-order valence-electron chi connectivity index (χ4n) is 0.926. The van der Waals surface area contributed by atoms with Crippen LogP contribution in [0.5, 0.6) is 0 Å². The zero-order valence-electron chi connectivity index (χ0n) is 7.00. The van der Waals surface area contributed by atoms with Crippen LogP contribution in [0.15, 0.2) is 16.6 Å². The molecule has 0 aliphatic heterocycles. The predicted octanol–water partition coefficient (Wildman–Crippen LogP) is 1.25. The van der Waals surface area contributed by atoms with E-state index in [4.69, 9.17) is 16.6 Å². The maximum Gasteiger partial charge on any atom is 0.325 e. The summed E-state index contributed by atoms with van der Waals surface area (Å²) >= 11 is 3.00. The minimum absolute atomic E-state index is 0.0636. The minimum atomic E-state index is -1.25. The van der Waals surface area contributed by atoms with Gasteiger partial charge in [-0.2, -0.15) is 0 Å². The molecule has 0 heterocycles. The van der Waals surface area contributed by atoms with Crippen LogP contribution in [0.1, 0.15) is 11.6 Å². The van der Waals surface area contributed by atoms with Gasteiger partial charge in [-0.05, 0) is 33.6 Å². The Labute approximate surface area is 87.8 Å². The quantitative estimate of drug-likeness (QED) is 0.700. The molecule has 0 aliphatic carbocycles. The van der Waals surface area contributed by atoms with Crippen molar-refractivity contribution in [2.24, 2.45) is 5.73 Å². The van der Waals surface area contributed by atoms with Crippen LogP contribution in [0.3, 0.4) is 0 Å². The Balaban J connectivity index is 3.19. The summed E-state index contributed by atoms with van der Waals surface area (Å²) in [5, 5.41) is 8.59. The number of carboxylic acid groups (broad SMARTS) is 1. The molecule has 0 fully saturated rings. The summed E-state index contributed by atoms with van der Waals surface area (Å²) in [6, 6.07) is 1.15. The third-order valence-corrected chi connectivity index (χ3v) is 2.38. The monoisotopic (exact) mass is 262 g/mol. The Morgan fingerprint density at radius 2 is 2.14 bits per heavy atom. The molecule has 0 unspecified atom stereocenters. The lowest BCUT2D eigenvalue weighted by Crippen LogP contribution is -2.20. The molecule has 4 nitrogen and oxygen atoms in total. The highest BCUT2D eigenvalue weighted by molar-refractivity contribution is 9.10. The second-order valence-electron chi connectivity index (χ2n) is 2.71. The molecule has 0 aromatic heterocycles. The predicted molar refractivity (Wildman–Crippen MR) is 53.1 cm³/mol. The van der Waals surface area contributed by atoms with E-state index in [0.717, 1.165) is 6.07 Å². The van der Waals surface area contributed by atoms with Gasteiger partial charge in [-0.1, -0.05) is 0 Å². The van der Waals surface area contributed by atoms with Crippen molar-refractivity contribution in [1.82, 2.24) is 0 Å². The highest BCUT2D eigenvalue weighted by atomic mass is 79.9. The molecule has 0 bridgehead atoms. The van der Waals surface area contributed by atoms with Gasteiger partial charge in [0, 0.05) is 4.47 Å². The van der Waals surface area contributed by atoms with Crippen LogP contribution in [0.2, 0.25) is 0 Å². The topological polar surface area (TPSA) is 89.3 Å². The molecule has 5 N–H and O–H groups in total. The molecule has 0 aliphatic rings. The maximum absolute atomic E-state index is 13.1. The van der Waals surface area contributed by atoms with Gasteiger partial charge in [0.05, 0.1) is 5.69 Å². The third kappa shape index (κ3) is 2.02. The van der Waals surface area contributed by atoms with E-state index >= 15 is 0 Å². The fourth-order valence-corrected chi connectivity index (χ4v) is 1.38. The van der Waals surface area contributed by atoms with Gasteiger partial charge in [0.15, 0.2) is 0 Å². The SMILES string of the molecule is Nc1c(F)cc([C@H](N)C(=O)O)cc1Br. The standard InChI is InChI=1S/C8H8BrFN2O2/c9-4-1-3(6(11)8(13)14)2-5(10)7(4)12/h1-2,6H,11-12H2,(H,13,14)/t6-/m0/s1. The fraction of sp³-hybridized carbons (Fsp3) is 0.125. The van der Waals surface area contributed by atoms with Crippen molar-refractivity contribution in [3.05, 3.63) is 28.0 Å². The number of aliphatic carboxylic acids is 1. The Bertz CT molecular complexity index is 361. The summed E-state index contributed by atoms with van der Waals surface area (Å²) in [6.07, 6.45) is 0. The van der Waals surface area contributed by atoms with E-state index in [1.807, 2.05) is 0 Å². The van der Waals surface area contributed by atoms with Crippen LogP contribution in [0.4, 0.5) is 10.1 Å². The Morgan fingerprint density at radius 1 is 1.57 bits per heavy atom. The van der Waals surface area contributed by atoms with Crippen LogP contribution in [0.25, 0.3) is 0 Å². The van der Waals surface area contributed by atoms with Crippen molar-refractivity contribution >= 4 is 27.6 Å². The van der Waals surface area contributed by atoms with Crippen LogP contribution in [0, 0.1) is 5.82 Å². The number of carboxylic acids is 1. The van der Waals surface area contributed by atoms with E-state index < -0.39 is 17.8 Å². The van der Waals surface area contributed by atoms with Gasteiger partial charge >= 0.3 is 5.97 Å². The van der Waals surface area contributed by atoms with E-state index in [2.05, 4.69) is 15.9 Å². The first-order valence-corrected chi connectivity index (χ1v) is 4.45. The summed E-state index contributed by atoms with van der Waals surface area (Å²) < 4.78 is 13.4. The lowest BCUT2D eigenvalue weighted by Gasteiger charge is -2.09. The van der Waals surface area contributed by atoms with E-state index in [1.165, 1.54) is 6.07 Å². The first kappa shape index (κ1) is 10.9. The molecule has 0 saturated carbocycles. The summed E-state index contributed by atoms with van der Waals surface area (Å²) in [5.41, 5.74) is 10.7. The van der Waals surface area contributed by atoms with Gasteiger partial charge in [-0.15, -0.1) is 0 Å². The minimum Gasteiger partial charge on any atom is -0.480 e. The highest BCUT2D eigenvalue weighted by Gasteiger charge is 2.17. The van der Waals surface area contributed by atoms with Crippen LogP contribution >= 0.6 is 15.9 Å². The molecular weight excluding hydrogens is 255 g/mol. The summed E-state index contributed by atoms with van der Waals surface area (Å²) in [4.78, 5) is 10.5. The number of rotatable bonds is 2. The zero-order chi connectivity index (χ0) is 10.9. The first-order valence-electron chi connectivity index (χ1n) is 3.66. The second-order valence-corrected chi connectivity index (χ2v) is 3.57. The summed E-state index contributed by atoms with van der Waals surface area (Å²) in [6.45, 7) is 0.